The molecule has 1 N–H and O–H groups in total. The van der Waals surface area contributed by atoms with Crippen LogP contribution in [0.1, 0.15) is 52.8 Å². The molecule has 0 aromatic carbocycles. The molecule has 6 nitrogen and oxygen atoms in total. The van der Waals surface area contributed by atoms with Crippen LogP contribution in [0.5, 0.6) is 0 Å². The lowest BCUT2D eigenvalue weighted by Crippen LogP contribution is -2.52. The van der Waals surface area contributed by atoms with Crippen molar-refractivity contribution in [3.63, 3.8) is 0 Å². The average Bonchev–Trinajstić information content (AvgIpc) is 3.05. The summed E-state index contributed by atoms with van der Waals surface area (Å²) in [5, 5.41) is 14.9. The normalized spacial score (nSPS) is 33.4. The Labute approximate surface area is 131 Å². The van der Waals surface area contributed by atoms with Gasteiger partial charge in [-0.25, -0.2) is 0 Å². The van der Waals surface area contributed by atoms with Crippen molar-refractivity contribution in [1.29, 1.82) is 0 Å². The van der Waals surface area contributed by atoms with E-state index in [9.17, 15) is 5.11 Å². The van der Waals surface area contributed by atoms with Crippen LogP contribution in [0.4, 0.5) is 5.95 Å². The van der Waals surface area contributed by atoms with E-state index in [2.05, 4.69) is 35.8 Å². The van der Waals surface area contributed by atoms with E-state index in [1.165, 1.54) is 0 Å². The van der Waals surface area contributed by atoms with E-state index < -0.39 is 5.60 Å². The smallest absolute Gasteiger partial charge is 0.266 e. The Morgan fingerprint density at radius 3 is 2.77 bits per heavy atom. The van der Waals surface area contributed by atoms with Crippen molar-refractivity contribution in [3.8, 4) is 0 Å². The molecular weight excluding hydrogens is 282 g/mol. The molecule has 22 heavy (non-hydrogen) atoms. The molecule has 6 heteroatoms. The highest BCUT2D eigenvalue weighted by Gasteiger charge is 2.45. The predicted molar refractivity (Wildman–Crippen MR) is 82.9 cm³/mol. The molecule has 124 valence electrons. The first-order chi connectivity index (χ1) is 10.3. The Morgan fingerprint density at radius 2 is 2.14 bits per heavy atom. The largest absolute Gasteiger partial charge is 0.390 e. The monoisotopic (exact) mass is 309 g/mol. The fourth-order valence-electron chi connectivity index (χ4n) is 3.48. The van der Waals surface area contributed by atoms with Gasteiger partial charge in [0.1, 0.15) is 0 Å². The van der Waals surface area contributed by atoms with Gasteiger partial charge in [-0.2, -0.15) is 4.98 Å². The summed E-state index contributed by atoms with van der Waals surface area (Å²) in [6.45, 7) is 10.2. The molecule has 3 rings (SSSR count). The Hall–Kier alpha value is -1.14. The summed E-state index contributed by atoms with van der Waals surface area (Å²) in [6, 6.07) is 0.209. The third kappa shape index (κ3) is 2.86. The number of anilines is 1. The molecule has 1 aromatic rings. The van der Waals surface area contributed by atoms with Crippen LogP contribution in [0, 0.1) is 5.92 Å². The van der Waals surface area contributed by atoms with Gasteiger partial charge in [0, 0.05) is 30.5 Å². The fraction of sp³-hybridized carbons (Fsp3) is 0.875. The molecule has 1 aromatic heterocycles. The van der Waals surface area contributed by atoms with Crippen LogP contribution < -0.4 is 4.90 Å². The first-order valence-corrected chi connectivity index (χ1v) is 8.20. The average molecular weight is 309 g/mol. The molecule has 0 unspecified atom stereocenters. The zero-order valence-electron chi connectivity index (χ0n) is 14.0. The Morgan fingerprint density at radius 1 is 1.36 bits per heavy atom. The molecule has 0 saturated carbocycles. The summed E-state index contributed by atoms with van der Waals surface area (Å²) >= 11 is 0. The van der Waals surface area contributed by atoms with Crippen LogP contribution in [0.2, 0.25) is 0 Å². The lowest BCUT2D eigenvalue weighted by molar-refractivity contribution is -0.108. The summed E-state index contributed by atoms with van der Waals surface area (Å²) < 4.78 is 11.1. The molecule has 0 spiro atoms. The Balaban J connectivity index is 1.82. The molecule has 0 radical (unpaired) electrons. The number of aromatic nitrogens is 2. The van der Waals surface area contributed by atoms with Crippen LogP contribution in [0.25, 0.3) is 0 Å². The van der Waals surface area contributed by atoms with E-state index in [-0.39, 0.29) is 17.4 Å². The third-order valence-electron chi connectivity index (χ3n) is 4.93. The minimum atomic E-state index is -0.692. The van der Waals surface area contributed by atoms with Crippen molar-refractivity contribution in [1.82, 2.24) is 10.1 Å². The van der Waals surface area contributed by atoms with Crippen molar-refractivity contribution in [2.75, 3.05) is 24.7 Å². The van der Waals surface area contributed by atoms with Gasteiger partial charge in [-0.1, -0.05) is 20.8 Å². The van der Waals surface area contributed by atoms with Crippen LogP contribution in [0.15, 0.2) is 4.52 Å². The van der Waals surface area contributed by atoms with E-state index in [0.29, 0.717) is 31.5 Å². The quantitative estimate of drug-likeness (QED) is 0.902. The summed E-state index contributed by atoms with van der Waals surface area (Å²) in [5.41, 5.74) is -0.845. The maximum atomic E-state index is 10.7. The molecular formula is C16H27N3O3. The molecule has 2 aliphatic rings. The highest BCUT2D eigenvalue weighted by molar-refractivity contribution is 5.33. The molecule has 0 bridgehead atoms. The minimum Gasteiger partial charge on any atom is -0.390 e. The molecule has 2 fully saturated rings. The second kappa shape index (κ2) is 5.49. The predicted octanol–water partition coefficient (Wildman–Crippen LogP) is 2.12. The molecule has 2 aliphatic heterocycles. The molecule has 0 aliphatic carbocycles. The number of hydrogen-bond donors (Lipinski definition) is 1. The number of nitrogens with zero attached hydrogens (tertiary/aromatic N) is 3. The van der Waals surface area contributed by atoms with Gasteiger partial charge in [-0.15, -0.1) is 0 Å². The van der Waals surface area contributed by atoms with Crippen molar-refractivity contribution in [2.24, 2.45) is 5.92 Å². The van der Waals surface area contributed by atoms with E-state index in [0.717, 1.165) is 19.4 Å². The zero-order valence-corrected chi connectivity index (χ0v) is 14.0. The van der Waals surface area contributed by atoms with Gasteiger partial charge in [0.25, 0.3) is 5.95 Å². The standard InChI is InChI=1S/C16H27N3O3/c1-15(2,3)13-17-14(18-22-13)19-8-5-6-12(19)11-10-21-9-7-16(11,4)20/h11-12,20H,5-10H2,1-4H3/t11-,12+,16-/m0/s1. The third-order valence-corrected chi connectivity index (χ3v) is 4.93. The fourth-order valence-corrected chi connectivity index (χ4v) is 3.48. The Bertz CT molecular complexity index is 521. The van der Waals surface area contributed by atoms with Gasteiger partial charge in [-0.3, -0.25) is 0 Å². The van der Waals surface area contributed by atoms with Gasteiger partial charge < -0.3 is 19.3 Å². The highest BCUT2D eigenvalue weighted by Crippen LogP contribution is 2.37. The second-order valence-electron chi connectivity index (χ2n) is 7.84. The minimum absolute atomic E-state index is 0.0836. The van der Waals surface area contributed by atoms with Crippen molar-refractivity contribution in [3.05, 3.63) is 5.89 Å². The van der Waals surface area contributed by atoms with Gasteiger partial charge in [0.05, 0.1) is 12.2 Å². The number of hydrogen-bond acceptors (Lipinski definition) is 6. The van der Waals surface area contributed by atoms with E-state index >= 15 is 0 Å². The summed E-state index contributed by atoms with van der Waals surface area (Å²) in [6.07, 6.45) is 2.79. The van der Waals surface area contributed by atoms with Gasteiger partial charge in [-0.05, 0) is 31.3 Å². The first kappa shape index (κ1) is 15.7. The summed E-state index contributed by atoms with van der Waals surface area (Å²) in [5.74, 6) is 1.38. The zero-order chi connectivity index (χ0) is 16.0. The van der Waals surface area contributed by atoms with Crippen LogP contribution in [-0.2, 0) is 10.2 Å². The van der Waals surface area contributed by atoms with E-state index in [1.54, 1.807) is 0 Å². The first-order valence-electron chi connectivity index (χ1n) is 8.20. The molecule has 3 atom stereocenters. The SMILES string of the molecule is CC(C)(C)c1nc(N2CCC[C@@H]2[C@@H]2COCC[C@]2(C)O)no1. The number of rotatable bonds is 2. The molecule has 3 heterocycles. The molecule has 2 saturated heterocycles. The summed E-state index contributed by atoms with van der Waals surface area (Å²) in [7, 11) is 0. The van der Waals surface area contributed by atoms with Gasteiger partial charge in [0.2, 0.25) is 5.89 Å². The Kier molecular flexibility index (Phi) is 3.93. The highest BCUT2D eigenvalue weighted by atomic mass is 16.5. The van der Waals surface area contributed by atoms with Crippen LogP contribution >= 0.6 is 0 Å². The van der Waals surface area contributed by atoms with Crippen molar-refractivity contribution >= 4 is 5.95 Å². The lowest BCUT2D eigenvalue weighted by Gasteiger charge is -2.42. The maximum absolute atomic E-state index is 10.7. The van der Waals surface area contributed by atoms with Gasteiger partial charge >= 0.3 is 0 Å². The van der Waals surface area contributed by atoms with Gasteiger partial charge in [0.15, 0.2) is 0 Å². The second-order valence-corrected chi connectivity index (χ2v) is 7.84. The summed E-state index contributed by atoms with van der Waals surface area (Å²) in [4.78, 5) is 6.77. The van der Waals surface area contributed by atoms with E-state index in [1.807, 2.05) is 6.92 Å². The maximum Gasteiger partial charge on any atom is 0.266 e. The van der Waals surface area contributed by atoms with E-state index in [4.69, 9.17) is 9.26 Å². The van der Waals surface area contributed by atoms with Crippen molar-refractivity contribution < 1.29 is 14.4 Å². The van der Waals surface area contributed by atoms with Crippen LogP contribution in [-0.4, -0.2) is 46.6 Å². The lowest BCUT2D eigenvalue weighted by atomic mass is 9.79. The van der Waals surface area contributed by atoms with Crippen LogP contribution in [0.3, 0.4) is 0 Å². The van der Waals surface area contributed by atoms with Crippen molar-refractivity contribution in [2.45, 2.75) is 64.0 Å². The molecule has 0 amide bonds. The topological polar surface area (TPSA) is 71.6 Å². The number of aliphatic hydroxyl groups is 1. The number of ether oxygens (including phenoxy) is 1.